The Kier molecular flexibility index (Phi) is 6.48. The number of rotatable bonds is 6. The van der Waals surface area contributed by atoms with Crippen LogP contribution in [0.5, 0.6) is 0 Å². The maximum Gasteiger partial charge on any atom is 0.414 e. The molecular formula is C29H43ClN2O5. The monoisotopic (exact) mass is 534 g/mol. The fourth-order valence-electron chi connectivity index (χ4n) is 10.1. The van der Waals surface area contributed by atoms with Gasteiger partial charge in [0, 0.05) is 48.7 Å². The van der Waals surface area contributed by atoms with Gasteiger partial charge in [-0.2, -0.15) is 0 Å². The van der Waals surface area contributed by atoms with Crippen molar-refractivity contribution < 1.29 is 23.9 Å². The number of amides is 2. The van der Waals surface area contributed by atoms with Gasteiger partial charge in [0.15, 0.2) is 0 Å². The number of hydrogen-bond donors (Lipinski definition) is 1. The van der Waals surface area contributed by atoms with Gasteiger partial charge in [0.05, 0.1) is 12.0 Å². The molecule has 6 fully saturated rings. The molecule has 8 heteroatoms. The maximum absolute atomic E-state index is 14.2. The Morgan fingerprint density at radius 2 is 1.95 bits per heavy atom. The van der Waals surface area contributed by atoms with Crippen molar-refractivity contribution in [3.63, 3.8) is 0 Å². The lowest BCUT2D eigenvalue weighted by molar-refractivity contribution is -0.161. The van der Waals surface area contributed by atoms with Gasteiger partial charge in [-0.15, -0.1) is 11.6 Å². The number of alkyl halides is 1. The summed E-state index contributed by atoms with van der Waals surface area (Å²) in [5.74, 6) is 1.39. The van der Waals surface area contributed by atoms with Gasteiger partial charge in [-0.05, 0) is 81.6 Å². The Balaban J connectivity index is 1.30. The third-order valence-electron chi connectivity index (χ3n) is 12.0. The molecule has 4 aliphatic carbocycles. The van der Waals surface area contributed by atoms with E-state index in [2.05, 4.69) is 24.1 Å². The van der Waals surface area contributed by atoms with Crippen LogP contribution >= 0.6 is 11.6 Å². The Labute approximate surface area is 225 Å². The minimum Gasteiger partial charge on any atom is -0.445 e. The van der Waals surface area contributed by atoms with E-state index >= 15 is 0 Å². The summed E-state index contributed by atoms with van der Waals surface area (Å²) >= 11 is 6.10. The highest BCUT2D eigenvalue weighted by atomic mass is 35.5. The highest BCUT2D eigenvalue weighted by Crippen LogP contribution is 2.78. The van der Waals surface area contributed by atoms with E-state index in [9.17, 15) is 14.4 Å². The number of ketones is 1. The molecule has 6 aliphatic rings. The number of carbonyl (C=O) groups is 3. The molecule has 0 aromatic heterocycles. The minimum absolute atomic E-state index is 0.0551. The van der Waals surface area contributed by atoms with Gasteiger partial charge in [0.2, 0.25) is 5.91 Å². The molecule has 206 valence electrons. The van der Waals surface area contributed by atoms with Crippen LogP contribution in [-0.4, -0.2) is 67.5 Å². The van der Waals surface area contributed by atoms with Crippen LogP contribution in [0.2, 0.25) is 0 Å². The van der Waals surface area contributed by atoms with Crippen molar-refractivity contribution in [2.45, 2.75) is 83.8 Å². The first kappa shape index (κ1) is 26.1. The van der Waals surface area contributed by atoms with Crippen molar-refractivity contribution in [2.75, 3.05) is 32.6 Å². The molecule has 0 aromatic rings. The smallest absolute Gasteiger partial charge is 0.414 e. The zero-order valence-electron chi connectivity index (χ0n) is 22.6. The molecule has 2 heterocycles. The number of piperidine rings is 1. The Hall–Kier alpha value is -1.18. The maximum atomic E-state index is 14.2. The van der Waals surface area contributed by atoms with Crippen LogP contribution < -0.4 is 5.32 Å². The molecular weight excluding hydrogens is 492 g/mol. The van der Waals surface area contributed by atoms with Crippen LogP contribution in [0.15, 0.2) is 0 Å². The molecule has 2 amide bonds. The number of ether oxygens (including phenoxy) is 2. The molecule has 0 aromatic carbocycles. The molecule has 11 atom stereocenters. The molecule has 37 heavy (non-hydrogen) atoms. The van der Waals surface area contributed by atoms with Gasteiger partial charge in [-0.1, -0.05) is 13.8 Å². The molecule has 1 spiro atoms. The first-order chi connectivity index (χ1) is 17.7. The van der Waals surface area contributed by atoms with Crippen molar-refractivity contribution >= 4 is 29.4 Å². The Morgan fingerprint density at radius 1 is 1.16 bits per heavy atom. The number of hydrogen-bond acceptors (Lipinski definition) is 6. The third kappa shape index (κ3) is 3.84. The summed E-state index contributed by atoms with van der Waals surface area (Å²) in [5.41, 5.74) is -0.897. The van der Waals surface area contributed by atoms with Gasteiger partial charge in [-0.3, -0.25) is 14.9 Å². The van der Waals surface area contributed by atoms with E-state index in [-0.39, 0.29) is 46.4 Å². The molecule has 6 rings (SSSR count). The Morgan fingerprint density at radius 3 is 2.62 bits per heavy atom. The van der Waals surface area contributed by atoms with Crippen molar-refractivity contribution in [1.82, 2.24) is 10.2 Å². The summed E-state index contributed by atoms with van der Waals surface area (Å²) in [5, 5.41) is 2.61. The normalized spacial score (nSPS) is 49.6. The predicted octanol–water partition coefficient (Wildman–Crippen LogP) is 4.41. The first-order valence-corrected chi connectivity index (χ1v) is 15.1. The molecule has 1 N–H and O–H groups in total. The van der Waals surface area contributed by atoms with E-state index in [4.69, 9.17) is 21.1 Å². The van der Waals surface area contributed by atoms with E-state index in [1.54, 1.807) is 7.11 Å². The number of carbonyl (C=O) groups excluding carboxylic acids is 3. The van der Waals surface area contributed by atoms with Gasteiger partial charge < -0.3 is 14.4 Å². The predicted molar refractivity (Wildman–Crippen MR) is 139 cm³/mol. The number of Topliss-reactive ketones (excluding diaryl/α,β-unsaturated/α-hetero) is 1. The van der Waals surface area contributed by atoms with E-state index in [1.165, 1.54) is 0 Å². The Bertz CT molecular complexity index is 976. The number of halogens is 1. The average molecular weight is 535 g/mol. The lowest BCUT2D eigenvalue weighted by atomic mass is 9.50. The topological polar surface area (TPSA) is 84.9 Å². The van der Waals surface area contributed by atoms with Crippen LogP contribution in [-0.2, 0) is 19.1 Å². The fraction of sp³-hybridized carbons (Fsp3) is 0.897. The first-order valence-electron chi connectivity index (χ1n) is 14.6. The molecule has 2 aliphatic heterocycles. The summed E-state index contributed by atoms with van der Waals surface area (Å²) in [7, 11) is 1.79. The van der Waals surface area contributed by atoms with Crippen molar-refractivity contribution in [3.8, 4) is 0 Å². The zero-order chi connectivity index (χ0) is 26.2. The number of methoxy groups -OCH3 is 1. The van der Waals surface area contributed by atoms with Crippen molar-refractivity contribution in [1.29, 1.82) is 0 Å². The average Bonchev–Trinajstić information content (AvgIpc) is 3.19. The quantitative estimate of drug-likeness (QED) is 0.508. The summed E-state index contributed by atoms with van der Waals surface area (Å²) in [6.45, 7) is 6.93. The molecule has 7 nitrogen and oxygen atoms in total. The number of imide groups is 1. The molecule has 3 unspecified atom stereocenters. The lowest BCUT2D eigenvalue weighted by Crippen LogP contribution is -2.58. The van der Waals surface area contributed by atoms with Crippen molar-refractivity contribution in [3.05, 3.63) is 0 Å². The summed E-state index contributed by atoms with van der Waals surface area (Å²) in [6, 6.07) is 0. The van der Waals surface area contributed by atoms with Crippen LogP contribution in [0.1, 0.15) is 71.6 Å². The van der Waals surface area contributed by atoms with Crippen LogP contribution in [0.4, 0.5) is 4.79 Å². The standard InChI is InChI=1S/C29H43ClN2O5/c1-17-24(33)27(2,8-4-11-30)14-22(37-26(35)31-25(34)20-16-32-12-7-18(20)15-32)29-13-19(29)5-9-28(17)10-6-21(36-3)23(28)29/h17-23H,4-16H2,1-3H3,(H,31,34,35)/t17-,18+,19-,20-,21+,22+,23?,27+,28?,29-/m0/s1. The number of alkyl carbamates (subject to hydrolysis) is 1. The summed E-state index contributed by atoms with van der Waals surface area (Å²) < 4.78 is 12.4. The van der Waals surface area contributed by atoms with E-state index < -0.39 is 17.6 Å². The largest absolute Gasteiger partial charge is 0.445 e. The second kappa shape index (κ2) is 9.19. The van der Waals surface area contributed by atoms with Crippen LogP contribution in [0.25, 0.3) is 0 Å². The van der Waals surface area contributed by atoms with E-state index in [0.717, 1.165) is 64.6 Å². The second-order valence-corrected chi connectivity index (χ2v) is 13.9. The number of nitrogens with one attached hydrogen (secondary N) is 1. The van der Waals surface area contributed by atoms with Crippen LogP contribution in [0.3, 0.4) is 0 Å². The van der Waals surface area contributed by atoms with E-state index in [0.29, 0.717) is 30.6 Å². The minimum atomic E-state index is -0.642. The second-order valence-electron chi connectivity index (χ2n) is 13.5. The summed E-state index contributed by atoms with van der Waals surface area (Å²) in [4.78, 5) is 42.9. The molecule has 0 radical (unpaired) electrons. The molecule has 4 saturated carbocycles. The van der Waals surface area contributed by atoms with E-state index in [1.807, 2.05) is 0 Å². The summed E-state index contributed by atoms with van der Waals surface area (Å²) in [6.07, 6.45) is 7.03. The van der Waals surface area contributed by atoms with Gasteiger partial charge in [0.1, 0.15) is 11.9 Å². The van der Waals surface area contributed by atoms with Crippen molar-refractivity contribution in [2.24, 2.45) is 45.8 Å². The molecule has 2 saturated heterocycles. The van der Waals surface area contributed by atoms with Gasteiger partial charge in [-0.25, -0.2) is 4.79 Å². The van der Waals surface area contributed by atoms with Gasteiger partial charge >= 0.3 is 6.09 Å². The fourth-order valence-corrected chi connectivity index (χ4v) is 10.3. The number of nitrogens with zero attached hydrogens (tertiary/aromatic N) is 1. The molecule has 4 bridgehead atoms. The highest BCUT2D eigenvalue weighted by Gasteiger charge is 2.77. The third-order valence-corrected chi connectivity index (χ3v) is 12.3. The highest BCUT2D eigenvalue weighted by molar-refractivity contribution is 6.17. The lowest BCUT2D eigenvalue weighted by Gasteiger charge is -2.55. The SMILES string of the molecule is CO[C@@H]1CCC23CC[C@H]4C[C@@]4(C12)[C@H](OC(=O)NC(=O)[C@H]1CN2CC[C@@H]1C2)C[C@@](C)(CCCCl)C(=O)[C@@H]3C. The zero-order valence-corrected chi connectivity index (χ0v) is 23.4. The van der Waals surface area contributed by atoms with Gasteiger partial charge in [0.25, 0.3) is 0 Å². The number of fused-ring (bicyclic) bond motifs is 2. The van der Waals surface area contributed by atoms with Crippen LogP contribution in [0, 0.1) is 45.8 Å².